The maximum atomic E-state index is 11.9. The van der Waals surface area contributed by atoms with Gasteiger partial charge in [0.1, 0.15) is 0 Å². The van der Waals surface area contributed by atoms with Gasteiger partial charge >= 0.3 is 6.03 Å². The van der Waals surface area contributed by atoms with Crippen molar-refractivity contribution >= 4 is 35.5 Å². The molecule has 0 aliphatic carbocycles. The molecular formula is C14H19N3O4S. The Morgan fingerprint density at radius 3 is 2.59 bits per heavy atom. The average Bonchev–Trinajstić information content (AvgIpc) is 3.10. The molecule has 0 spiro atoms. The summed E-state index contributed by atoms with van der Waals surface area (Å²) in [4.78, 5) is 46.9. The number of likely N-dealkylation sites (tertiary alicyclic amines) is 1. The SMILES string of the molecule is O=C1NC2CSC(CCCCC(=O)N3C(=O)CCC3=O)C2N1. The first-order valence-corrected chi connectivity index (χ1v) is 8.68. The summed E-state index contributed by atoms with van der Waals surface area (Å²) in [7, 11) is 0. The predicted octanol–water partition coefficient (Wildman–Crippen LogP) is 0.388. The van der Waals surface area contributed by atoms with Crippen LogP contribution in [0.3, 0.4) is 0 Å². The normalized spacial score (nSPS) is 30.5. The molecular weight excluding hydrogens is 306 g/mol. The second-order valence-corrected chi connectivity index (χ2v) is 7.16. The number of amides is 5. The van der Waals surface area contributed by atoms with Gasteiger partial charge in [0.2, 0.25) is 17.7 Å². The van der Waals surface area contributed by atoms with Crippen LogP contribution < -0.4 is 10.6 Å². The van der Waals surface area contributed by atoms with Gasteiger partial charge in [-0.05, 0) is 12.8 Å². The topological polar surface area (TPSA) is 95.6 Å². The molecule has 3 rings (SSSR count). The molecule has 5 amide bonds. The van der Waals surface area contributed by atoms with Crippen LogP contribution in [0.4, 0.5) is 4.79 Å². The van der Waals surface area contributed by atoms with E-state index in [9.17, 15) is 19.2 Å². The molecule has 120 valence electrons. The van der Waals surface area contributed by atoms with Crippen LogP contribution in [-0.2, 0) is 14.4 Å². The van der Waals surface area contributed by atoms with Crippen molar-refractivity contribution in [1.82, 2.24) is 15.5 Å². The minimum Gasteiger partial charge on any atom is -0.332 e. The van der Waals surface area contributed by atoms with Gasteiger partial charge in [0.25, 0.3) is 0 Å². The number of urea groups is 1. The third-order valence-electron chi connectivity index (χ3n) is 4.37. The number of nitrogens with zero attached hydrogens (tertiary/aromatic N) is 1. The largest absolute Gasteiger partial charge is 0.332 e. The number of thioether (sulfide) groups is 1. The summed E-state index contributed by atoms with van der Waals surface area (Å²) in [5, 5.41) is 6.20. The molecule has 3 saturated heterocycles. The van der Waals surface area contributed by atoms with E-state index in [1.807, 2.05) is 11.8 Å². The van der Waals surface area contributed by atoms with Gasteiger partial charge in [-0.3, -0.25) is 14.4 Å². The molecule has 22 heavy (non-hydrogen) atoms. The van der Waals surface area contributed by atoms with Crippen molar-refractivity contribution in [2.24, 2.45) is 0 Å². The van der Waals surface area contributed by atoms with E-state index in [1.165, 1.54) is 0 Å². The molecule has 2 N–H and O–H groups in total. The van der Waals surface area contributed by atoms with E-state index < -0.39 is 0 Å². The van der Waals surface area contributed by atoms with Crippen molar-refractivity contribution in [2.75, 3.05) is 5.75 Å². The van der Waals surface area contributed by atoms with Crippen LogP contribution >= 0.6 is 11.8 Å². The van der Waals surface area contributed by atoms with Crippen LogP contribution in [0.5, 0.6) is 0 Å². The molecule has 3 heterocycles. The molecule has 0 aromatic carbocycles. The van der Waals surface area contributed by atoms with E-state index in [1.54, 1.807) is 0 Å². The Morgan fingerprint density at radius 2 is 1.86 bits per heavy atom. The Kier molecular flexibility index (Phi) is 4.37. The van der Waals surface area contributed by atoms with E-state index in [4.69, 9.17) is 0 Å². The number of unbranched alkanes of at least 4 members (excludes halogenated alkanes) is 1. The number of carbonyl (C=O) groups excluding carboxylic acids is 4. The van der Waals surface area contributed by atoms with Gasteiger partial charge in [-0.1, -0.05) is 6.42 Å². The lowest BCUT2D eigenvalue weighted by molar-refractivity contribution is -0.149. The number of fused-ring (bicyclic) bond motifs is 1. The first-order chi connectivity index (χ1) is 10.6. The molecule has 0 aromatic rings. The number of hydrogen-bond acceptors (Lipinski definition) is 5. The van der Waals surface area contributed by atoms with Crippen LogP contribution in [0, 0.1) is 0 Å². The van der Waals surface area contributed by atoms with E-state index in [2.05, 4.69) is 10.6 Å². The summed E-state index contributed by atoms with van der Waals surface area (Å²) in [5.74, 6) is -0.197. The standard InChI is InChI=1S/C14H19N3O4S/c18-10(17-11(19)5-6-12(17)20)4-2-1-3-9-13-8(7-22-9)15-14(21)16-13/h8-9,13H,1-7H2,(H2,15,16,21). The molecule has 7 nitrogen and oxygen atoms in total. The maximum absolute atomic E-state index is 11.9. The van der Waals surface area contributed by atoms with Gasteiger partial charge in [0, 0.05) is 30.3 Å². The third kappa shape index (κ3) is 2.97. The number of imide groups is 3. The van der Waals surface area contributed by atoms with E-state index in [-0.39, 0.29) is 55.1 Å². The van der Waals surface area contributed by atoms with E-state index in [0.717, 1.165) is 23.5 Å². The minimum absolute atomic E-state index is 0.0958. The highest BCUT2D eigenvalue weighted by Gasteiger charge is 2.42. The van der Waals surface area contributed by atoms with Gasteiger partial charge in [-0.25, -0.2) is 9.69 Å². The molecule has 3 aliphatic rings. The van der Waals surface area contributed by atoms with Crippen LogP contribution in [-0.4, -0.2) is 51.7 Å². The van der Waals surface area contributed by atoms with Crippen molar-refractivity contribution in [3.05, 3.63) is 0 Å². The molecule has 3 atom stereocenters. The summed E-state index contributed by atoms with van der Waals surface area (Å²) in [6.45, 7) is 0. The molecule has 3 aliphatic heterocycles. The Hall–Kier alpha value is -1.57. The maximum Gasteiger partial charge on any atom is 0.315 e. The fourth-order valence-electron chi connectivity index (χ4n) is 3.23. The van der Waals surface area contributed by atoms with Gasteiger partial charge < -0.3 is 10.6 Å². The Balaban J connectivity index is 1.39. The second kappa shape index (κ2) is 6.28. The predicted molar refractivity (Wildman–Crippen MR) is 80.1 cm³/mol. The van der Waals surface area contributed by atoms with Crippen LogP contribution in [0.25, 0.3) is 0 Å². The van der Waals surface area contributed by atoms with Crippen molar-refractivity contribution in [1.29, 1.82) is 0 Å². The summed E-state index contributed by atoms with van der Waals surface area (Å²) in [6, 6.07) is 0.292. The summed E-state index contributed by atoms with van der Waals surface area (Å²) >= 11 is 1.84. The van der Waals surface area contributed by atoms with Crippen LogP contribution in [0.15, 0.2) is 0 Å². The Bertz CT molecular complexity index is 508. The molecule has 3 fully saturated rings. The third-order valence-corrected chi connectivity index (χ3v) is 5.88. The highest BCUT2D eigenvalue weighted by Crippen LogP contribution is 2.33. The molecule has 0 saturated carbocycles. The Labute approximate surface area is 132 Å². The fraction of sp³-hybridized carbons (Fsp3) is 0.714. The van der Waals surface area contributed by atoms with Crippen LogP contribution in [0.2, 0.25) is 0 Å². The van der Waals surface area contributed by atoms with Crippen molar-refractivity contribution in [3.63, 3.8) is 0 Å². The van der Waals surface area contributed by atoms with Crippen molar-refractivity contribution in [2.45, 2.75) is 55.9 Å². The zero-order valence-corrected chi connectivity index (χ0v) is 13.0. The second-order valence-electron chi connectivity index (χ2n) is 5.88. The Morgan fingerprint density at radius 1 is 1.14 bits per heavy atom. The molecule has 0 aromatic heterocycles. The zero-order valence-electron chi connectivity index (χ0n) is 12.2. The summed E-state index contributed by atoms with van der Waals surface area (Å²) < 4.78 is 0. The van der Waals surface area contributed by atoms with Gasteiger partial charge in [-0.15, -0.1) is 0 Å². The smallest absolute Gasteiger partial charge is 0.315 e. The van der Waals surface area contributed by atoms with Gasteiger partial charge in [0.15, 0.2) is 0 Å². The zero-order chi connectivity index (χ0) is 15.7. The summed E-state index contributed by atoms with van der Waals surface area (Å²) in [6.07, 6.45) is 2.96. The van der Waals surface area contributed by atoms with Gasteiger partial charge in [-0.2, -0.15) is 11.8 Å². The minimum atomic E-state index is -0.375. The first-order valence-electron chi connectivity index (χ1n) is 7.63. The van der Waals surface area contributed by atoms with Crippen molar-refractivity contribution < 1.29 is 19.2 Å². The average molecular weight is 325 g/mol. The lowest BCUT2D eigenvalue weighted by atomic mass is 10.0. The fourth-order valence-corrected chi connectivity index (χ4v) is 4.77. The quantitative estimate of drug-likeness (QED) is 0.433. The number of hydrogen-bond donors (Lipinski definition) is 2. The van der Waals surface area contributed by atoms with Crippen LogP contribution in [0.1, 0.15) is 38.5 Å². The highest BCUT2D eigenvalue weighted by molar-refractivity contribution is 8.00. The summed E-state index contributed by atoms with van der Waals surface area (Å²) in [5.41, 5.74) is 0. The number of carbonyl (C=O) groups is 4. The lowest BCUT2D eigenvalue weighted by Gasteiger charge is -2.16. The molecule has 0 radical (unpaired) electrons. The highest BCUT2D eigenvalue weighted by atomic mass is 32.2. The van der Waals surface area contributed by atoms with Gasteiger partial charge in [0.05, 0.1) is 12.1 Å². The lowest BCUT2D eigenvalue weighted by Crippen LogP contribution is -2.37. The number of nitrogens with one attached hydrogen (secondary N) is 2. The van der Waals surface area contributed by atoms with E-state index >= 15 is 0 Å². The molecule has 8 heteroatoms. The first kappa shape index (κ1) is 15.3. The molecule has 0 bridgehead atoms. The monoisotopic (exact) mass is 325 g/mol. The van der Waals surface area contributed by atoms with E-state index in [0.29, 0.717) is 11.7 Å². The molecule has 3 unspecified atom stereocenters. The van der Waals surface area contributed by atoms with Crippen molar-refractivity contribution in [3.8, 4) is 0 Å². The number of rotatable bonds is 5.